The molecule has 0 saturated heterocycles. The molecule has 0 aliphatic heterocycles. The zero-order chi connectivity index (χ0) is 15.6. The number of nitrogens with one attached hydrogen (secondary N) is 1. The first kappa shape index (κ1) is 15.7. The lowest BCUT2D eigenvalue weighted by Crippen LogP contribution is -2.38. The van der Waals surface area contributed by atoms with Gasteiger partial charge in [0.05, 0.1) is 6.04 Å². The Hall–Kier alpha value is -1.69. The number of thiophene rings is 1. The molecular weight excluding hydrogens is 284 g/mol. The first-order valence-corrected chi connectivity index (χ1v) is 7.86. The summed E-state index contributed by atoms with van der Waals surface area (Å²) in [5.74, 6) is 1.40. The van der Waals surface area contributed by atoms with Crippen molar-refractivity contribution >= 4 is 17.2 Å². The minimum Gasteiger partial charge on any atom is -0.346 e. The highest BCUT2D eigenvalue weighted by Gasteiger charge is 2.28. The molecule has 21 heavy (non-hydrogen) atoms. The van der Waals surface area contributed by atoms with E-state index < -0.39 is 0 Å². The molecule has 0 saturated carbocycles. The van der Waals surface area contributed by atoms with Gasteiger partial charge >= 0.3 is 0 Å². The van der Waals surface area contributed by atoms with Gasteiger partial charge in [-0.05, 0) is 30.7 Å². The fourth-order valence-corrected chi connectivity index (χ4v) is 3.24. The maximum absolute atomic E-state index is 12.3. The van der Waals surface area contributed by atoms with Crippen molar-refractivity contribution in [2.45, 2.75) is 47.2 Å². The third kappa shape index (κ3) is 3.91. The number of nitrogens with zero attached hydrogens (tertiary/aromatic N) is 3. The molecule has 0 aliphatic rings. The number of hydrogen-bond acceptors (Lipinski definition) is 4. The van der Waals surface area contributed by atoms with E-state index in [0.717, 1.165) is 5.82 Å². The summed E-state index contributed by atoms with van der Waals surface area (Å²) in [7, 11) is 0. The normalized spacial score (nSPS) is 13.2. The van der Waals surface area contributed by atoms with E-state index in [0.29, 0.717) is 5.82 Å². The van der Waals surface area contributed by atoms with Crippen molar-refractivity contribution in [2.75, 3.05) is 0 Å². The molecule has 0 aromatic carbocycles. The van der Waals surface area contributed by atoms with Gasteiger partial charge in [0, 0.05) is 4.88 Å². The summed E-state index contributed by atoms with van der Waals surface area (Å²) in [4.78, 5) is 17.7. The number of carbonyl (C=O) groups excluding carboxylic acids is 1. The second-order valence-electron chi connectivity index (χ2n) is 6.25. The van der Waals surface area contributed by atoms with Crippen LogP contribution in [0, 0.1) is 19.3 Å². The molecule has 0 aliphatic carbocycles. The smallest absolute Gasteiger partial charge is 0.242 e. The van der Waals surface area contributed by atoms with Crippen LogP contribution in [0.25, 0.3) is 0 Å². The molecule has 1 atom stereocenters. The summed E-state index contributed by atoms with van der Waals surface area (Å²) in [5.41, 5.74) is -0.0478. The van der Waals surface area contributed by atoms with Crippen LogP contribution < -0.4 is 5.32 Å². The number of aryl methyl sites for hydroxylation is 2. The number of hydrogen-bond donors (Lipinski definition) is 1. The Balaban J connectivity index is 2.10. The molecule has 114 valence electrons. The number of aromatic nitrogens is 3. The fraction of sp³-hybridized carbons (Fsp3) is 0.533. The van der Waals surface area contributed by atoms with Crippen molar-refractivity contribution in [1.29, 1.82) is 0 Å². The summed E-state index contributed by atoms with van der Waals surface area (Å²) in [6.45, 7) is 10.3. The van der Waals surface area contributed by atoms with Crippen LogP contribution >= 0.6 is 11.3 Å². The predicted molar refractivity (Wildman–Crippen MR) is 84.2 cm³/mol. The molecule has 0 fully saturated rings. The van der Waals surface area contributed by atoms with Gasteiger partial charge in [-0.15, -0.1) is 11.3 Å². The molecule has 1 N–H and O–H groups in total. The third-order valence-corrected chi connectivity index (χ3v) is 4.19. The maximum atomic E-state index is 12.3. The summed E-state index contributed by atoms with van der Waals surface area (Å²) in [6, 6.07) is 4.07. The molecule has 2 aromatic rings. The lowest BCUT2D eigenvalue weighted by molar-refractivity contribution is -0.123. The van der Waals surface area contributed by atoms with E-state index in [4.69, 9.17) is 0 Å². The molecule has 0 spiro atoms. The number of rotatable bonds is 4. The third-order valence-electron chi connectivity index (χ3n) is 3.26. The maximum Gasteiger partial charge on any atom is 0.242 e. The van der Waals surface area contributed by atoms with E-state index in [9.17, 15) is 4.79 Å². The van der Waals surface area contributed by atoms with Crippen LogP contribution in [0.2, 0.25) is 0 Å². The Morgan fingerprint density at radius 3 is 2.62 bits per heavy atom. The van der Waals surface area contributed by atoms with Gasteiger partial charge < -0.3 is 5.32 Å². The van der Waals surface area contributed by atoms with Crippen LogP contribution in [0.5, 0.6) is 0 Å². The monoisotopic (exact) mass is 306 g/mol. The van der Waals surface area contributed by atoms with Crippen LogP contribution in [0.1, 0.15) is 43.3 Å². The second-order valence-corrected chi connectivity index (χ2v) is 7.23. The van der Waals surface area contributed by atoms with Crippen molar-refractivity contribution < 1.29 is 4.79 Å². The van der Waals surface area contributed by atoms with E-state index in [1.54, 1.807) is 16.0 Å². The highest BCUT2D eigenvalue weighted by atomic mass is 32.1. The SMILES string of the molecule is Cc1nc(C)n(CC(=O)NC(c2cccs2)C(C)(C)C)n1. The molecule has 1 unspecified atom stereocenters. The molecule has 0 bridgehead atoms. The van der Waals surface area contributed by atoms with Crippen molar-refractivity contribution in [1.82, 2.24) is 20.1 Å². The molecule has 2 heterocycles. The average Bonchev–Trinajstić information content (AvgIpc) is 2.95. The molecule has 1 amide bonds. The summed E-state index contributed by atoms with van der Waals surface area (Å²) < 4.78 is 1.64. The highest BCUT2D eigenvalue weighted by Crippen LogP contribution is 2.35. The van der Waals surface area contributed by atoms with Gasteiger partial charge in [0.25, 0.3) is 0 Å². The Morgan fingerprint density at radius 1 is 1.43 bits per heavy atom. The highest BCUT2D eigenvalue weighted by molar-refractivity contribution is 7.10. The van der Waals surface area contributed by atoms with Gasteiger partial charge in [-0.3, -0.25) is 4.79 Å². The van der Waals surface area contributed by atoms with E-state index >= 15 is 0 Å². The van der Waals surface area contributed by atoms with Crippen molar-refractivity contribution in [3.8, 4) is 0 Å². The van der Waals surface area contributed by atoms with Crippen LogP contribution in [0.15, 0.2) is 17.5 Å². The zero-order valence-electron chi connectivity index (χ0n) is 13.2. The topological polar surface area (TPSA) is 59.8 Å². The molecule has 5 nitrogen and oxygen atoms in total. The number of carbonyl (C=O) groups is 1. The Bertz CT molecular complexity index is 610. The van der Waals surface area contributed by atoms with E-state index in [-0.39, 0.29) is 23.9 Å². The van der Waals surface area contributed by atoms with Crippen LogP contribution in [-0.4, -0.2) is 20.7 Å². The molecule has 0 radical (unpaired) electrons. The molecule has 2 rings (SSSR count). The van der Waals surface area contributed by atoms with Crippen molar-refractivity contribution in [3.05, 3.63) is 34.0 Å². The van der Waals surface area contributed by atoms with Gasteiger partial charge in [0.2, 0.25) is 5.91 Å². The Morgan fingerprint density at radius 2 is 2.14 bits per heavy atom. The van der Waals surface area contributed by atoms with Crippen molar-refractivity contribution in [3.63, 3.8) is 0 Å². The van der Waals surface area contributed by atoms with Gasteiger partial charge in [-0.2, -0.15) is 5.10 Å². The molecular formula is C15H22N4OS. The summed E-state index contributed by atoms with van der Waals surface area (Å²) in [6.07, 6.45) is 0. The van der Waals surface area contributed by atoms with Gasteiger partial charge in [-0.25, -0.2) is 9.67 Å². The largest absolute Gasteiger partial charge is 0.346 e. The second kappa shape index (κ2) is 5.97. The predicted octanol–water partition coefficient (Wildman–Crippen LogP) is 2.86. The van der Waals surface area contributed by atoms with Gasteiger partial charge in [0.1, 0.15) is 18.2 Å². The minimum absolute atomic E-state index is 0.00470. The minimum atomic E-state index is -0.0478. The lowest BCUT2D eigenvalue weighted by Gasteiger charge is -2.30. The zero-order valence-corrected chi connectivity index (χ0v) is 14.0. The quantitative estimate of drug-likeness (QED) is 0.945. The lowest BCUT2D eigenvalue weighted by atomic mass is 9.86. The first-order valence-electron chi connectivity index (χ1n) is 6.98. The van der Waals surface area contributed by atoms with Gasteiger partial charge in [0.15, 0.2) is 0 Å². The van der Waals surface area contributed by atoms with E-state index in [2.05, 4.69) is 42.2 Å². The van der Waals surface area contributed by atoms with E-state index in [1.807, 2.05) is 25.3 Å². The van der Waals surface area contributed by atoms with Gasteiger partial charge in [-0.1, -0.05) is 26.8 Å². The summed E-state index contributed by atoms with van der Waals surface area (Å²) >= 11 is 1.66. The Kier molecular flexibility index (Phi) is 4.46. The molecule has 2 aromatic heterocycles. The molecule has 6 heteroatoms. The Labute approximate surface area is 129 Å². The summed E-state index contributed by atoms with van der Waals surface area (Å²) in [5, 5.41) is 9.39. The van der Waals surface area contributed by atoms with Crippen LogP contribution in [0.3, 0.4) is 0 Å². The van der Waals surface area contributed by atoms with Crippen molar-refractivity contribution in [2.24, 2.45) is 5.41 Å². The van der Waals surface area contributed by atoms with E-state index in [1.165, 1.54) is 4.88 Å². The standard InChI is InChI=1S/C15H22N4OS/c1-10-16-11(2)19(18-10)9-13(20)17-14(15(3,4)5)12-7-6-8-21-12/h6-8,14H,9H2,1-5H3,(H,17,20). The fourth-order valence-electron chi connectivity index (χ4n) is 2.22. The van der Waals surface area contributed by atoms with Crippen LogP contribution in [0.4, 0.5) is 0 Å². The number of amides is 1. The van der Waals surface area contributed by atoms with Crippen LogP contribution in [-0.2, 0) is 11.3 Å². The average molecular weight is 306 g/mol. The first-order chi connectivity index (χ1) is 9.77.